The van der Waals surface area contributed by atoms with Gasteiger partial charge in [-0.1, -0.05) is 0 Å². The van der Waals surface area contributed by atoms with E-state index in [4.69, 9.17) is 4.42 Å². The van der Waals surface area contributed by atoms with E-state index >= 15 is 0 Å². The van der Waals surface area contributed by atoms with Crippen LogP contribution < -0.4 is 5.32 Å². The molecule has 0 atom stereocenters. The van der Waals surface area contributed by atoms with E-state index < -0.39 is 29.2 Å². The number of benzene rings is 1. The highest BCUT2D eigenvalue weighted by Crippen LogP contribution is 2.33. The number of carbonyl (C=O) groups excluding carboxylic acids is 2. The van der Waals surface area contributed by atoms with Gasteiger partial charge in [0.1, 0.15) is 5.76 Å². The molecule has 0 aliphatic carbocycles. The number of amides is 1. The van der Waals surface area contributed by atoms with Gasteiger partial charge in [-0.15, -0.1) is 0 Å². The average Bonchev–Trinajstić information content (AvgIpc) is 3.03. The lowest BCUT2D eigenvalue weighted by Crippen LogP contribution is -2.24. The highest BCUT2D eigenvalue weighted by atomic mass is 19.4. The van der Waals surface area contributed by atoms with Gasteiger partial charge in [-0.05, 0) is 18.2 Å². The molecule has 0 saturated heterocycles. The van der Waals surface area contributed by atoms with E-state index in [1.54, 1.807) is 0 Å². The molecule has 9 heteroatoms. The Morgan fingerprint density at radius 1 is 1.35 bits per heavy atom. The SMILES string of the molecule is COC(=O)c1ccc(C(=O)NCc2cnco2)cc1C(F)(F)F. The van der Waals surface area contributed by atoms with E-state index in [0.29, 0.717) is 11.8 Å². The zero-order valence-electron chi connectivity index (χ0n) is 11.8. The Morgan fingerprint density at radius 3 is 2.65 bits per heavy atom. The minimum atomic E-state index is -4.80. The van der Waals surface area contributed by atoms with Crippen molar-refractivity contribution in [2.75, 3.05) is 7.11 Å². The van der Waals surface area contributed by atoms with E-state index in [-0.39, 0.29) is 12.1 Å². The second-order valence-corrected chi connectivity index (χ2v) is 4.40. The molecule has 0 bridgehead atoms. The molecule has 2 rings (SSSR count). The summed E-state index contributed by atoms with van der Waals surface area (Å²) in [5.74, 6) is -1.53. The van der Waals surface area contributed by atoms with Crippen LogP contribution in [-0.4, -0.2) is 24.0 Å². The smallest absolute Gasteiger partial charge is 0.417 e. The number of methoxy groups -OCH3 is 1. The van der Waals surface area contributed by atoms with Gasteiger partial charge in [-0.2, -0.15) is 13.2 Å². The van der Waals surface area contributed by atoms with E-state index in [1.807, 2.05) is 0 Å². The van der Waals surface area contributed by atoms with E-state index in [9.17, 15) is 22.8 Å². The number of rotatable bonds is 4. The van der Waals surface area contributed by atoms with Crippen molar-refractivity contribution in [2.24, 2.45) is 0 Å². The summed E-state index contributed by atoms with van der Waals surface area (Å²) in [6.07, 6.45) is -2.28. The number of oxazole rings is 1. The van der Waals surface area contributed by atoms with Gasteiger partial charge >= 0.3 is 12.1 Å². The lowest BCUT2D eigenvalue weighted by molar-refractivity contribution is -0.138. The molecule has 0 radical (unpaired) electrons. The lowest BCUT2D eigenvalue weighted by atomic mass is 10.0. The number of hydrogen-bond donors (Lipinski definition) is 1. The van der Waals surface area contributed by atoms with E-state index in [0.717, 1.165) is 25.6 Å². The van der Waals surface area contributed by atoms with Crippen LogP contribution in [0.4, 0.5) is 13.2 Å². The molecule has 2 aromatic rings. The van der Waals surface area contributed by atoms with Gasteiger partial charge in [0.25, 0.3) is 5.91 Å². The van der Waals surface area contributed by atoms with Crippen LogP contribution in [0.25, 0.3) is 0 Å². The van der Waals surface area contributed by atoms with Crippen molar-refractivity contribution >= 4 is 11.9 Å². The molecule has 0 saturated carbocycles. The Labute approximate surface area is 128 Å². The van der Waals surface area contributed by atoms with Gasteiger partial charge in [-0.25, -0.2) is 9.78 Å². The van der Waals surface area contributed by atoms with Gasteiger partial charge in [-0.3, -0.25) is 4.79 Å². The van der Waals surface area contributed by atoms with Crippen LogP contribution in [0.2, 0.25) is 0 Å². The number of aromatic nitrogens is 1. The van der Waals surface area contributed by atoms with Crippen LogP contribution >= 0.6 is 0 Å². The first-order valence-corrected chi connectivity index (χ1v) is 6.28. The van der Waals surface area contributed by atoms with E-state index in [2.05, 4.69) is 15.0 Å². The van der Waals surface area contributed by atoms with Crippen molar-refractivity contribution in [3.63, 3.8) is 0 Å². The first-order chi connectivity index (χ1) is 10.8. The molecule has 0 fully saturated rings. The van der Waals surface area contributed by atoms with Crippen molar-refractivity contribution in [2.45, 2.75) is 12.7 Å². The summed E-state index contributed by atoms with van der Waals surface area (Å²) in [7, 11) is 0.973. The number of halogens is 3. The van der Waals surface area contributed by atoms with Crippen molar-refractivity contribution in [1.29, 1.82) is 0 Å². The molecule has 0 spiro atoms. The molecule has 1 N–H and O–H groups in total. The molecular weight excluding hydrogens is 317 g/mol. The molecule has 0 unspecified atom stereocenters. The van der Waals surface area contributed by atoms with Crippen LogP contribution in [-0.2, 0) is 17.5 Å². The van der Waals surface area contributed by atoms with Crippen LogP contribution in [0.3, 0.4) is 0 Å². The zero-order valence-corrected chi connectivity index (χ0v) is 11.8. The topological polar surface area (TPSA) is 81.4 Å². The first-order valence-electron chi connectivity index (χ1n) is 6.28. The standard InChI is InChI=1S/C14H11F3N2O4/c1-22-13(21)10-3-2-8(4-11(10)14(15,16)17)12(20)19-6-9-5-18-7-23-9/h2-5,7H,6H2,1H3,(H,19,20). The Balaban J connectivity index is 2.26. The fraction of sp³-hybridized carbons (Fsp3) is 0.214. The average molecular weight is 328 g/mol. The number of nitrogens with one attached hydrogen (secondary N) is 1. The maximum absolute atomic E-state index is 13.0. The Hall–Kier alpha value is -2.84. The molecule has 1 aromatic heterocycles. The van der Waals surface area contributed by atoms with Gasteiger partial charge in [0.05, 0.1) is 31.0 Å². The Bertz CT molecular complexity index is 711. The second-order valence-electron chi connectivity index (χ2n) is 4.40. The van der Waals surface area contributed by atoms with Gasteiger partial charge in [0.15, 0.2) is 6.39 Å². The lowest BCUT2D eigenvalue weighted by Gasteiger charge is -2.13. The van der Waals surface area contributed by atoms with Crippen LogP contribution in [0.5, 0.6) is 0 Å². The maximum Gasteiger partial charge on any atom is 0.417 e. The maximum atomic E-state index is 13.0. The third kappa shape index (κ3) is 3.87. The molecule has 6 nitrogen and oxygen atoms in total. The summed E-state index contributed by atoms with van der Waals surface area (Å²) < 4.78 is 48.3. The monoisotopic (exact) mass is 328 g/mol. The third-order valence-corrected chi connectivity index (χ3v) is 2.90. The van der Waals surface area contributed by atoms with Crippen LogP contribution in [0.1, 0.15) is 32.0 Å². The van der Waals surface area contributed by atoms with Gasteiger partial charge < -0.3 is 14.5 Å². The first kappa shape index (κ1) is 16.5. The Kier molecular flexibility index (Phi) is 4.68. The van der Waals surface area contributed by atoms with Gasteiger partial charge in [0.2, 0.25) is 0 Å². The summed E-state index contributed by atoms with van der Waals surface area (Å²) in [4.78, 5) is 27.0. The number of ether oxygens (including phenoxy) is 1. The largest absolute Gasteiger partial charge is 0.465 e. The van der Waals surface area contributed by atoms with Crippen molar-refractivity contribution in [1.82, 2.24) is 10.3 Å². The zero-order chi connectivity index (χ0) is 17.0. The van der Waals surface area contributed by atoms with Crippen molar-refractivity contribution in [3.8, 4) is 0 Å². The van der Waals surface area contributed by atoms with Crippen LogP contribution in [0, 0.1) is 0 Å². The highest BCUT2D eigenvalue weighted by molar-refractivity contribution is 5.97. The van der Waals surface area contributed by atoms with Crippen LogP contribution in [0.15, 0.2) is 35.2 Å². The quantitative estimate of drug-likeness (QED) is 0.872. The summed E-state index contributed by atoms with van der Waals surface area (Å²) in [6.45, 7) is -0.0288. The summed E-state index contributed by atoms with van der Waals surface area (Å²) in [6, 6.07) is 2.61. The van der Waals surface area contributed by atoms with E-state index in [1.165, 1.54) is 6.20 Å². The fourth-order valence-electron chi connectivity index (χ4n) is 1.81. The summed E-state index contributed by atoms with van der Waals surface area (Å²) >= 11 is 0. The molecule has 1 aromatic carbocycles. The number of esters is 1. The summed E-state index contributed by atoms with van der Waals surface area (Å²) in [5.41, 5.74) is -2.15. The normalized spacial score (nSPS) is 11.1. The minimum Gasteiger partial charge on any atom is -0.465 e. The molecule has 23 heavy (non-hydrogen) atoms. The predicted octanol–water partition coefficient (Wildman–Crippen LogP) is 2.41. The van der Waals surface area contributed by atoms with Crippen molar-refractivity contribution < 1.29 is 31.9 Å². The minimum absolute atomic E-state index is 0.0288. The number of hydrogen-bond acceptors (Lipinski definition) is 5. The van der Waals surface area contributed by atoms with Crippen molar-refractivity contribution in [3.05, 3.63) is 53.2 Å². The molecule has 0 aliphatic heterocycles. The number of nitrogens with zero attached hydrogens (tertiary/aromatic N) is 1. The highest BCUT2D eigenvalue weighted by Gasteiger charge is 2.36. The molecule has 122 valence electrons. The molecule has 1 amide bonds. The molecule has 1 heterocycles. The predicted molar refractivity (Wildman–Crippen MR) is 70.5 cm³/mol. The summed E-state index contributed by atoms with van der Waals surface area (Å²) in [5, 5.41) is 2.39. The second kappa shape index (κ2) is 6.51. The number of alkyl halides is 3. The molecular formula is C14H11F3N2O4. The van der Waals surface area contributed by atoms with Gasteiger partial charge in [0, 0.05) is 5.56 Å². The Morgan fingerprint density at radius 2 is 2.09 bits per heavy atom. The third-order valence-electron chi connectivity index (χ3n) is 2.90. The fourth-order valence-corrected chi connectivity index (χ4v) is 1.81. The molecule has 0 aliphatic rings. The number of carbonyl (C=O) groups is 2.